The van der Waals surface area contributed by atoms with Crippen LogP contribution in [0, 0.1) is 5.82 Å². The minimum absolute atomic E-state index is 0.171. The lowest BCUT2D eigenvalue weighted by Crippen LogP contribution is -2.14. The molecule has 0 radical (unpaired) electrons. The van der Waals surface area contributed by atoms with Crippen LogP contribution in [-0.4, -0.2) is 6.54 Å². The van der Waals surface area contributed by atoms with Gasteiger partial charge in [0.15, 0.2) is 0 Å². The number of hydrogen-bond donors (Lipinski definition) is 1. The molecule has 0 aromatic heterocycles. The maximum atomic E-state index is 12.8. The standard InChI is InChI=1S/C12H16FN/c1-2-3-4-8-14-10-11-6-5-7-12(13)9-11/h2,5-7,9,14H,1,3-4,8,10H2. The van der Waals surface area contributed by atoms with Crippen LogP contribution in [0.3, 0.4) is 0 Å². The maximum Gasteiger partial charge on any atom is 0.123 e. The maximum absolute atomic E-state index is 12.8. The highest BCUT2D eigenvalue weighted by Gasteiger charge is 1.93. The van der Waals surface area contributed by atoms with Gasteiger partial charge in [-0.3, -0.25) is 0 Å². The van der Waals surface area contributed by atoms with Gasteiger partial charge < -0.3 is 5.32 Å². The smallest absolute Gasteiger partial charge is 0.123 e. The lowest BCUT2D eigenvalue weighted by molar-refractivity contribution is 0.617. The van der Waals surface area contributed by atoms with E-state index in [9.17, 15) is 4.39 Å². The van der Waals surface area contributed by atoms with Crippen LogP contribution in [-0.2, 0) is 6.54 Å². The summed E-state index contributed by atoms with van der Waals surface area (Å²) in [4.78, 5) is 0. The molecule has 1 aromatic carbocycles. The van der Waals surface area contributed by atoms with Crippen LogP contribution in [0.25, 0.3) is 0 Å². The van der Waals surface area contributed by atoms with Crippen molar-refractivity contribution >= 4 is 0 Å². The third kappa shape index (κ3) is 4.19. The van der Waals surface area contributed by atoms with E-state index in [-0.39, 0.29) is 5.82 Å². The summed E-state index contributed by atoms with van der Waals surface area (Å²) < 4.78 is 12.8. The Hall–Kier alpha value is -1.15. The topological polar surface area (TPSA) is 12.0 Å². The van der Waals surface area contributed by atoms with Crippen molar-refractivity contribution in [3.8, 4) is 0 Å². The van der Waals surface area contributed by atoms with E-state index in [1.807, 2.05) is 12.1 Å². The van der Waals surface area contributed by atoms with E-state index in [1.165, 1.54) is 6.07 Å². The molecule has 0 bridgehead atoms. The zero-order valence-corrected chi connectivity index (χ0v) is 8.30. The van der Waals surface area contributed by atoms with Gasteiger partial charge in [0.1, 0.15) is 5.82 Å². The lowest BCUT2D eigenvalue weighted by atomic mass is 10.2. The molecule has 0 heterocycles. The number of halogens is 1. The molecule has 0 amide bonds. The van der Waals surface area contributed by atoms with Crippen LogP contribution in [0.1, 0.15) is 18.4 Å². The molecule has 1 N–H and O–H groups in total. The molecule has 0 fully saturated rings. The van der Waals surface area contributed by atoms with E-state index in [1.54, 1.807) is 12.1 Å². The van der Waals surface area contributed by atoms with Crippen LogP contribution in [0.4, 0.5) is 4.39 Å². The Labute approximate surface area is 84.6 Å². The first-order chi connectivity index (χ1) is 6.83. The Morgan fingerprint density at radius 2 is 2.29 bits per heavy atom. The van der Waals surface area contributed by atoms with Gasteiger partial charge >= 0.3 is 0 Å². The minimum atomic E-state index is -0.171. The summed E-state index contributed by atoms with van der Waals surface area (Å²) in [6, 6.07) is 6.67. The summed E-state index contributed by atoms with van der Waals surface area (Å²) in [6.07, 6.45) is 4.01. The SMILES string of the molecule is C=CCCCNCc1cccc(F)c1. The van der Waals surface area contributed by atoms with Crippen molar-refractivity contribution in [2.24, 2.45) is 0 Å². The predicted molar refractivity (Wildman–Crippen MR) is 57.5 cm³/mol. The third-order valence-corrected chi connectivity index (χ3v) is 1.98. The zero-order chi connectivity index (χ0) is 10.2. The van der Waals surface area contributed by atoms with Gasteiger partial charge in [-0.1, -0.05) is 18.2 Å². The van der Waals surface area contributed by atoms with Crippen molar-refractivity contribution < 1.29 is 4.39 Å². The van der Waals surface area contributed by atoms with Gasteiger partial charge in [0.25, 0.3) is 0 Å². The van der Waals surface area contributed by atoms with Crippen molar-refractivity contribution in [3.05, 3.63) is 48.3 Å². The van der Waals surface area contributed by atoms with Crippen molar-refractivity contribution in [1.82, 2.24) is 5.32 Å². The van der Waals surface area contributed by atoms with Gasteiger partial charge in [-0.05, 0) is 37.1 Å². The van der Waals surface area contributed by atoms with Crippen molar-refractivity contribution in [1.29, 1.82) is 0 Å². The number of allylic oxidation sites excluding steroid dienone is 1. The molecule has 1 nitrogen and oxygen atoms in total. The van der Waals surface area contributed by atoms with Gasteiger partial charge in [-0.25, -0.2) is 4.39 Å². The summed E-state index contributed by atoms with van der Waals surface area (Å²) in [7, 11) is 0. The molecule has 14 heavy (non-hydrogen) atoms. The second kappa shape index (κ2) is 6.33. The Bertz CT molecular complexity index is 283. The predicted octanol–water partition coefficient (Wildman–Crippen LogP) is 2.88. The van der Waals surface area contributed by atoms with E-state index in [0.29, 0.717) is 0 Å². The van der Waals surface area contributed by atoms with E-state index in [0.717, 1.165) is 31.5 Å². The normalized spacial score (nSPS) is 10.1. The van der Waals surface area contributed by atoms with Gasteiger partial charge in [-0.2, -0.15) is 0 Å². The molecule has 0 atom stereocenters. The summed E-state index contributed by atoms with van der Waals surface area (Å²) in [5.41, 5.74) is 0.989. The number of rotatable bonds is 6. The number of hydrogen-bond acceptors (Lipinski definition) is 1. The van der Waals surface area contributed by atoms with E-state index >= 15 is 0 Å². The van der Waals surface area contributed by atoms with Crippen LogP contribution in [0.5, 0.6) is 0 Å². The molecule has 0 aliphatic carbocycles. The van der Waals surface area contributed by atoms with E-state index in [4.69, 9.17) is 0 Å². The Morgan fingerprint density at radius 1 is 1.43 bits per heavy atom. The van der Waals surface area contributed by atoms with Crippen molar-refractivity contribution in [2.75, 3.05) is 6.54 Å². The van der Waals surface area contributed by atoms with Crippen LogP contribution in [0.15, 0.2) is 36.9 Å². The largest absolute Gasteiger partial charge is 0.313 e. The molecular weight excluding hydrogens is 177 g/mol. The van der Waals surface area contributed by atoms with Crippen molar-refractivity contribution in [3.63, 3.8) is 0 Å². The molecule has 1 aromatic rings. The fourth-order valence-electron chi connectivity index (χ4n) is 1.25. The number of unbranched alkanes of at least 4 members (excludes halogenated alkanes) is 1. The summed E-state index contributed by atoms with van der Waals surface area (Å²) in [6.45, 7) is 5.33. The first kappa shape index (κ1) is 10.9. The molecule has 0 saturated heterocycles. The molecule has 0 spiro atoms. The van der Waals surface area contributed by atoms with Gasteiger partial charge in [-0.15, -0.1) is 6.58 Å². The van der Waals surface area contributed by atoms with Gasteiger partial charge in [0.05, 0.1) is 0 Å². The molecule has 0 unspecified atom stereocenters. The molecule has 0 aliphatic heterocycles. The third-order valence-electron chi connectivity index (χ3n) is 1.98. The van der Waals surface area contributed by atoms with Crippen molar-refractivity contribution in [2.45, 2.75) is 19.4 Å². The van der Waals surface area contributed by atoms with Gasteiger partial charge in [0, 0.05) is 6.54 Å². The summed E-state index contributed by atoms with van der Waals surface area (Å²) >= 11 is 0. The highest BCUT2D eigenvalue weighted by molar-refractivity contribution is 5.15. The molecule has 0 aliphatic rings. The minimum Gasteiger partial charge on any atom is -0.313 e. The fraction of sp³-hybridized carbons (Fsp3) is 0.333. The Kier molecular flexibility index (Phi) is 4.94. The van der Waals surface area contributed by atoms with E-state index < -0.39 is 0 Å². The van der Waals surface area contributed by atoms with Crippen LogP contribution in [0.2, 0.25) is 0 Å². The highest BCUT2D eigenvalue weighted by atomic mass is 19.1. The molecule has 2 heteroatoms. The molecular formula is C12H16FN. The summed E-state index contributed by atoms with van der Waals surface area (Å²) in [5.74, 6) is -0.171. The first-order valence-electron chi connectivity index (χ1n) is 4.89. The Balaban J connectivity index is 2.21. The first-order valence-corrected chi connectivity index (χ1v) is 4.89. The molecule has 76 valence electrons. The number of nitrogens with one attached hydrogen (secondary N) is 1. The van der Waals surface area contributed by atoms with Crippen LogP contribution >= 0.6 is 0 Å². The van der Waals surface area contributed by atoms with E-state index in [2.05, 4.69) is 11.9 Å². The highest BCUT2D eigenvalue weighted by Crippen LogP contribution is 2.02. The second-order valence-corrected chi connectivity index (χ2v) is 3.24. The average molecular weight is 193 g/mol. The summed E-state index contributed by atoms with van der Waals surface area (Å²) in [5, 5.41) is 3.25. The van der Waals surface area contributed by atoms with Gasteiger partial charge in [0.2, 0.25) is 0 Å². The monoisotopic (exact) mass is 193 g/mol. The quantitative estimate of drug-likeness (QED) is 0.541. The second-order valence-electron chi connectivity index (χ2n) is 3.24. The fourth-order valence-corrected chi connectivity index (χ4v) is 1.25. The Morgan fingerprint density at radius 3 is 3.00 bits per heavy atom. The van der Waals surface area contributed by atoms with Crippen LogP contribution < -0.4 is 5.32 Å². The molecule has 1 rings (SSSR count). The molecule has 0 saturated carbocycles. The lowest BCUT2D eigenvalue weighted by Gasteiger charge is -2.03. The zero-order valence-electron chi connectivity index (χ0n) is 8.30. The number of benzene rings is 1. The average Bonchev–Trinajstić information content (AvgIpc) is 2.18.